The number of fused-ring (bicyclic) bond motifs is 1. The van der Waals surface area contributed by atoms with Crippen LogP contribution < -0.4 is 10.6 Å². The number of para-hydroxylation sites is 1. The van der Waals surface area contributed by atoms with Crippen molar-refractivity contribution in [3.8, 4) is 0 Å². The van der Waals surface area contributed by atoms with Crippen LogP contribution in [0.3, 0.4) is 0 Å². The number of hydrogen-bond donors (Lipinski definition) is 2. The minimum atomic E-state index is -0.393. The Balaban J connectivity index is 2.05. The summed E-state index contributed by atoms with van der Waals surface area (Å²) in [5.41, 5.74) is 1.39. The number of nitro benzene ring substituents is 1. The van der Waals surface area contributed by atoms with Crippen LogP contribution in [-0.2, 0) is 0 Å². The van der Waals surface area contributed by atoms with E-state index in [1.807, 2.05) is 12.1 Å². The Morgan fingerprint density at radius 2 is 2.32 bits per heavy atom. The average molecular weight is 258 g/mol. The summed E-state index contributed by atoms with van der Waals surface area (Å²) >= 11 is 0. The first-order valence-corrected chi connectivity index (χ1v) is 6.25. The Morgan fingerprint density at radius 1 is 1.42 bits per heavy atom. The van der Waals surface area contributed by atoms with Crippen LogP contribution in [0.4, 0.5) is 11.4 Å². The number of nitrogens with zero attached hydrogens (tertiary/aromatic N) is 2. The predicted molar refractivity (Wildman–Crippen MR) is 73.3 cm³/mol. The van der Waals surface area contributed by atoms with Crippen molar-refractivity contribution < 1.29 is 4.92 Å². The third-order valence-corrected chi connectivity index (χ3v) is 3.37. The van der Waals surface area contributed by atoms with Gasteiger partial charge in [0.15, 0.2) is 0 Å². The molecule has 19 heavy (non-hydrogen) atoms. The van der Waals surface area contributed by atoms with Crippen molar-refractivity contribution in [2.45, 2.75) is 12.5 Å². The second-order valence-corrected chi connectivity index (χ2v) is 4.62. The highest BCUT2D eigenvalue weighted by Crippen LogP contribution is 2.29. The maximum atomic E-state index is 11.0. The van der Waals surface area contributed by atoms with Crippen LogP contribution in [0.1, 0.15) is 6.42 Å². The number of hydrogen-bond acceptors (Lipinski definition) is 5. The highest BCUT2D eigenvalue weighted by atomic mass is 16.6. The summed E-state index contributed by atoms with van der Waals surface area (Å²) in [5, 5.41) is 18.5. The van der Waals surface area contributed by atoms with Crippen molar-refractivity contribution in [2.75, 3.05) is 18.4 Å². The molecule has 0 bridgehead atoms. The van der Waals surface area contributed by atoms with Gasteiger partial charge >= 0.3 is 0 Å². The minimum Gasteiger partial charge on any atom is -0.380 e. The van der Waals surface area contributed by atoms with E-state index >= 15 is 0 Å². The zero-order valence-electron chi connectivity index (χ0n) is 10.3. The standard InChI is InChI=1S/C13H14N4O2/c18-17(19)12-3-1-2-10-11(5-7-15-13(10)12)16-9-4-6-14-8-9/h1-3,5,7,9,14H,4,6,8H2,(H,15,16). The summed E-state index contributed by atoms with van der Waals surface area (Å²) in [6, 6.07) is 7.27. The van der Waals surface area contributed by atoms with Gasteiger partial charge in [0, 0.05) is 35.9 Å². The zero-order chi connectivity index (χ0) is 13.2. The molecule has 1 fully saturated rings. The van der Waals surface area contributed by atoms with Gasteiger partial charge in [0.05, 0.1) is 4.92 Å². The van der Waals surface area contributed by atoms with E-state index in [1.165, 1.54) is 6.07 Å². The molecule has 1 aliphatic rings. The molecular formula is C13H14N4O2. The van der Waals surface area contributed by atoms with Gasteiger partial charge in [-0.2, -0.15) is 0 Å². The monoisotopic (exact) mass is 258 g/mol. The van der Waals surface area contributed by atoms with Crippen molar-refractivity contribution in [3.05, 3.63) is 40.6 Å². The number of anilines is 1. The van der Waals surface area contributed by atoms with Gasteiger partial charge in [-0.05, 0) is 19.0 Å². The molecule has 6 nitrogen and oxygen atoms in total. The molecule has 0 aliphatic carbocycles. The summed E-state index contributed by atoms with van der Waals surface area (Å²) in [6.45, 7) is 1.92. The second-order valence-electron chi connectivity index (χ2n) is 4.62. The van der Waals surface area contributed by atoms with Gasteiger partial charge in [-0.3, -0.25) is 10.1 Å². The molecule has 0 radical (unpaired) electrons. The van der Waals surface area contributed by atoms with Crippen molar-refractivity contribution in [1.29, 1.82) is 0 Å². The van der Waals surface area contributed by atoms with E-state index < -0.39 is 4.92 Å². The van der Waals surface area contributed by atoms with Crippen molar-refractivity contribution in [1.82, 2.24) is 10.3 Å². The van der Waals surface area contributed by atoms with Gasteiger partial charge < -0.3 is 10.6 Å². The van der Waals surface area contributed by atoms with Crippen molar-refractivity contribution in [2.24, 2.45) is 0 Å². The molecule has 2 heterocycles. The molecule has 1 aromatic heterocycles. The lowest BCUT2D eigenvalue weighted by Gasteiger charge is -2.14. The third kappa shape index (κ3) is 2.22. The normalized spacial score (nSPS) is 18.6. The Bertz CT molecular complexity index is 623. The molecule has 2 aromatic rings. The lowest BCUT2D eigenvalue weighted by atomic mass is 10.1. The molecular weight excluding hydrogens is 244 g/mol. The number of pyridine rings is 1. The first-order valence-electron chi connectivity index (χ1n) is 6.25. The number of benzene rings is 1. The first kappa shape index (κ1) is 11.9. The predicted octanol–water partition coefficient (Wildman–Crippen LogP) is 1.92. The number of non-ortho nitro benzene ring substituents is 1. The quantitative estimate of drug-likeness (QED) is 0.649. The van der Waals surface area contributed by atoms with Crippen LogP contribution >= 0.6 is 0 Å². The van der Waals surface area contributed by atoms with Gasteiger partial charge in [0.25, 0.3) is 5.69 Å². The maximum Gasteiger partial charge on any atom is 0.295 e. The van der Waals surface area contributed by atoms with Gasteiger partial charge in [0.2, 0.25) is 0 Å². The zero-order valence-corrected chi connectivity index (χ0v) is 10.3. The molecule has 1 unspecified atom stereocenters. The largest absolute Gasteiger partial charge is 0.380 e. The van der Waals surface area contributed by atoms with E-state index in [2.05, 4.69) is 15.6 Å². The first-order chi connectivity index (χ1) is 9.25. The van der Waals surface area contributed by atoms with Crippen LogP contribution in [0.15, 0.2) is 30.5 Å². The summed E-state index contributed by atoms with van der Waals surface area (Å²) in [6.07, 6.45) is 2.67. The van der Waals surface area contributed by atoms with Crippen LogP contribution in [0.2, 0.25) is 0 Å². The number of nitrogens with one attached hydrogen (secondary N) is 2. The fraction of sp³-hybridized carbons (Fsp3) is 0.308. The van der Waals surface area contributed by atoms with Crippen LogP contribution in [0.25, 0.3) is 10.9 Å². The smallest absolute Gasteiger partial charge is 0.295 e. The number of aromatic nitrogens is 1. The van der Waals surface area contributed by atoms with E-state index in [4.69, 9.17) is 0 Å². The molecule has 1 aromatic carbocycles. The van der Waals surface area contributed by atoms with Gasteiger partial charge in [0.1, 0.15) is 5.52 Å². The van der Waals surface area contributed by atoms with Gasteiger partial charge in [-0.1, -0.05) is 12.1 Å². The Morgan fingerprint density at radius 3 is 3.05 bits per heavy atom. The molecule has 0 spiro atoms. The second kappa shape index (κ2) is 4.81. The Labute approximate surface area is 110 Å². The van der Waals surface area contributed by atoms with Crippen molar-refractivity contribution >= 4 is 22.3 Å². The summed E-state index contributed by atoms with van der Waals surface area (Å²) < 4.78 is 0. The fourth-order valence-electron chi connectivity index (χ4n) is 2.43. The Hall–Kier alpha value is -2.21. The molecule has 2 N–H and O–H groups in total. The Kier molecular flexibility index (Phi) is 3.00. The fourth-order valence-corrected chi connectivity index (χ4v) is 2.43. The van der Waals surface area contributed by atoms with Crippen LogP contribution in [0.5, 0.6) is 0 Å². The van der Waals surface area contributed by atoms with Gasteiger partial charge in [-0.25, -0.2) is 4.98 Å². The molecule has 0 amide bonds. The maximum absolute atomic E-state index is 11.0. The van der Waals surface area contributed by atoms with Gasteiger partial charge in [-0.15, -0.1) is 0 Å². The molecule has 6 heteroatoms. The summed E-state index contributed by atoms with van der Waals surface area (Å²) in [4.78, 5) is 14.8. The van der Waals surface area contributed by atoms with E-state index in [1.54, 1.807) is 12.3 Å². The van der Waals surface area contributed by atoms with Crippen LogP contribution in [0, 0.1) is 10.1 Å². The highest BCUT2D eigenvalue weighted by Gasteiger charge is 2.18. The molecule has 1 saturated heterocycles. The highest BCUT2D eigenvalue weighted by molar-refractivity contribution is 5.96. The van der Waals surface area contributed by atoms with Crippen LogP contribution in [-0.4, -0.2) is 29.0 Å². The van der Waals surface area contributed by atoms with Crippen molar-refractivity contribution in [3.63, 3.8) is 0 Å². The summed E-state index contributed by atoms with van der Waals surface area (Å²) in [5.74, 6) is 0. The molecule has 1 aliphatic heterocycles. The molecule has 3 rings (SSSR count). The lowest BCUT2D eigenvalue weighted by Crippen LogP contribution is -2.22. The molecule has 98 valence electrons. The number of nitro groups is 1. The lowest BCUT2D eigenvalue weighted by molar-refractivity contribution is -0.383. The third-order valence-electron chi connectivity index (χ3n) is 3.37. The number of rotatable bonds is 3. The van der Waals surface area contributed by atoms with E-state index in [0.29, 0.717) is 11.6 Å². The molecule has 1 atom stereocenters. The van der Waals surface area contributed by atoms with E-state index in [-0.39, 0.29) is 5.69 Å². The van der Waals surface area contributed by atoms with E-state index in [9.17, 15) is 10.1 Å². The topological polar surface area (TPSA) is 80.1 Å². The van der Waals surface area contributed by atoms with E-state index in [0.717, 1.165) is 30.6 Å². The molecule has 0 saturated carbocycles. The SMILES string of the molecule is O=[N+]([O-])c1cccc2c(NC3CCNC3)ccnc12. The summed E-state index contributed by atoms with van der Waals surface area (Å²) in [7, 11) is 0. The average Bonchev–Trinajstić information content (AvgIpc) is 2.91. The minimum absolute atomic E-state index is 0.0469.